The highest BCUT2D eigenvalue weighted by molar-refractivity contribution is 8.76. The number of hydrogen-bond acceptors (Lipinski definition) is 8. The second kappa shape index (κ2) is 19.8. The number of aryl methyl sites for hydroxylation is 1. The van der Waals surface area contributed by atoms with Crippen LogP contribution < -0.4 is 0 Å². The van der Waals surface area contributed by atoms with Gasteiger partial charge in [0, 0.05) is 6.54 Å². The lowest BCUT2D eigenvalue weighted by molar-refractivity contribution is -0.149. The summed E-state index contributed by atoms with van der Waals surface area (Å²) in [7, 11) is -1.76. The van der Waals surface area contributed by atoms with Gasteiger partial charge in [-0.1, -0.05) is 124 Å². The number of carbonyl (C=O) groups is 2. The first kappa shape index (κ1) is 46.9. The van der Waals surface area contributed by atoms with Crippen molar-refractivity contribution in [3.63, 3.8) is 0 Å². The third kappa shape index (κ3) is 14.1. The molecule has 0 aliphatic heterocycles. The molecular formula is C41H60F3NO6S2Si2. The topological polar surface area (TPSA) is 74.3 Å². The van der Waals surface area contributed by atoms with E-state index in [4.69, 9.17) is 18.3 Å². The van der Waals surface area contributed by atoms with Crippen LogP contribution in [0.15, 0.2) is 66.7 Å². The maximum Gasteiger partial charge on any atom is 0.416 e. The number of alkyl halides is 3. The fourth-order valence-electron chi connectivity index (χ4n) is 5.24. The van der Waals surface area contributed by atoms with Crippen molar-refractivity contribution < 1.29 is 41.1 Å². The molecule has 0 bridgehead atoms. The van der Waals surface area contributed by atoms with Crippen molar-refractivity contribution in [1.82, 2.24) is 4.90 Å². The molecule has 3 aromatic rings. The highest BCUT2D eigenvalue weighted by atomic mass is 33.1. The Bertz CT molecular complexity index is 1680. The minimum atomic E-state index is -4.43. The van der Waals surface area contributed by atoms with Crippen molar-refractivity contribution in [3.05, 3.63) is 83.4 Å². The summed E-state index contributed by atoms with van der Waals surface area (Å²) in [4.78, 5) is 28.3. The lowest BCUT2D eigenvalue weighted by Crippen LogP contribution is -2.46. The Kier molecular flexibility index (Phi) is 16.9. The van der Waals surface area contributed by atoms with Crippen LogP contribution in [0.1, 0.15) is 77.6 Å². The van der Waals surface area contributed by atoms with E-state index in [1.54, 1.807) is 11.0 Å². The van der Waals surface area contributed by atoms with Crippen molar-refractivity contribution in [2.75, 3.05) is 31.5 Å². The molecule has 1 atom stereocenters. The fourth-order valence-corrected chi connectivity index (χ4v) is 8.66. The molecule has 0 heterocycles. The van der Waals surface area contributed by atoms with E-state index in [1.807, 2.05) is 49.4 Å². The van der Waals surface area contributed by atoms with Gasteiger partial charge in [-0.3, -0.25) is 4.79 Å². The molecule has 1 amide bonds. The lowest BCUT2D eigenvalue weighted by atomic mass is 9.98. The summed E-state index contributed by atoms with van der Waals surface area (Å²) in [6, 6.07) is 18.7. The first-order valence-electron chi connectivity index (χ1n) is 18.7. The average Bonchev–Trinajstić information content (AvgIpc) is 3.09. The molecule has 14 heteroatoms. The van der Waals surface area contributed by atoms with Gasteiger partial charge in [0.25, 0.3) is 0 Å². The SMILES string of the molecule is CC(c1cccc2ccccc12)N(CCCc1cccc(C(F)(F)F)c1)C(=O)OCSSCC(=O)OC(CO[Si](C)(C)C(C)(C)C)CO[Si](C)(C)C(C)(C)C. The van der Waals surface area contributed by atoms with E-state index in [1.165, 1.54) is 27.7 Å². The molecule has 55 heavy (non-hydrogen) atoms. The van der Waals surface area contributed by atoms with E-state index in [0.29, 0.717) is 18.4 Å². The maximum absolute atomic E-state index is 13.6. The summed E-state index contributed by atoms with van der Waals surface area (Å²) in [5.41, 5.74) is 0.780. The number of rotatable bonds is 18. The molecule has 0 aliphatic carbocycles. The minimum Gasteiger partial charge on any atom is -0.457 e. The van der Waals surface area contributed by atoms with Crippen molar-refractivity contribution in [3.8, 4) is 0 Å². The predicted octanol–water partition coefficient (Wildman–Crippen LogP) is 12.3. The standard InChI is InChI=1S/C41H60F3NO6S2Si2/c1-30(35-23-15-20-32-19-12-13-22-36(32)35)45(24-16-18-31-17-14-21-33(25-31)41(42,43)44)38(47)48-29-53-52-28-37(46)51-34(26-49-54(8,9)39(2,3)4)27-50-55(10,11)40(5,6)7/h12-15,17,19-23,25,30,34H,16,18,24,26-29H2,1-11H3. The van der Waals surface area contributed by atoms with Gasteiger partial charge in [-0.15, -0.1) is 0 Å². The summed E-state index contributed by atoms with van der Waals surface area (Å²) in [6.45, 7) is 24.3. The van der Waals surface area contributed by atoms with Gasteiger partial charge in [-0.05, 0) is 84.0 Å². The smallest absolute Gasteiger partial charge is 0.416 e. The zero-order valence-corrected chi connectivity index (χ0v) is 37.9. The van der Waals surface area contributed by atoms with Crippen LogP contribution in [0.4, 0.5) is 18.0 Å². The van der Waals surface area contributed by atoms with Gasteiger partial charge in [0.05, 0.1) is 24.8 Å². The van der Waals surface area contributed by atoms with Gasteiger partial charge in [0.2, 0.25) is 0 Å². The van der Waals surface area contributed by atoms with Gasteiger partial charge < -0.3 is 23.2 Å². The third-order valence-electron chi connectivity index (χ3n) is 10.8. The first-order valence-corrected chi connectivity index (χ1v) is 27.0. The Labute approximate surface area is 336 Å². The van der Waals surface area contributed by atoms with Crippen molar-refractivity contribution in [2.24, 2.45) is 0 Å². The van der Waals surface area contributed by atoms with Crippen LogP contribution in [0.3, 0.4) is 0 Å². The number of halogens is 3. The van der Waals surface area contributed by atoms with Crippen LogP contribution >= 0.6 is 21.6 Å². The van der Waals surface area contributed by atoms with Gasteiger partial charge in [0.1, 0.15) is 17.8 Å². The monoisotopic (exact) mass is 839 g/mol. The van der Waals surface area contributed by atoms with Crippen molar-refractivity contribution in [1.29, 1.82) is 0 Å². The average molecular weight is 840 g/mol. The van der Waals surface area contributed by atoms with Gasteiger partial charge >= 0.3 is 18.2 Å². The summed E-state index contributed by atoms with van der Waals surface area (Å²) in [6.07, 6.45) is -4.75. The molecule has 306 valence electrons. The van der Waals surface area contributed by atoms with E-state index in [0.717, 1.165) is 28.5 Å². The Morgan fingerprint density at radius 1 is 0.800 bits per heavy atom. The molecule has 0 fully saturated rings. The Hall–Kier alpha value is -2.50. The highest BCUT2D eigenvalue weighted by Crippen LogP contribution is 2.38. The van der Waals surface area contributed by atoms with Gasteiger partial charge in [-0.2, -0.15) is 13.2 Å². The number of ether oxygens (including phenoxy) is 2. The molecule has 0 aliphatic rings. The Morgan fingerprint density at radius 2 is 1.38 bits per heavy atom. The Morgan fingerprint density at radius 3 is 1.98 bits per heavy atom. The number of benzene rings is 3. The number of amides is 1. The molecule has 3 rings (SSSR count). The molecule has 0 aromatic heterocycles. The first-order chi connectivity index (χ1) is 25.4. The number of carbonyl (C=O) groups excluding carboxylic acids is 2. The summed E-state index contributed by atoms with van der Waals surface area (Å²) >= 11 is 0. The second-order valence-corrected chi connectivity index (χ2v) is 28.9. The lowest BCUT2D eigenvalue weighted by Gasteiger charge is -2.39. The maximum atomic E-state index is 13.6. The number of fused-ring (bicyclic) bond motifs is 1. The zero-order valence-electron chi connectivity index (χ0n) is 34.3. The largest absolute Gasteiger partial charge is 0.457 e. The second-order valence-electron chi connectivity index (χ2n) is 16.9. The quantitative estimate of drug-likeness (QED) is 0.0412. The molecular weight excluding hydrogens is 780 g/mol. The molecule has 7 nitrogen and oxygen atoms in total. The molecule has 0 N–H and O–H groups in total. The van der Waals surface area contributed by atoms with E-state index >= 15 is 0 Å². The van der Waals surface area contributed by atoms with Gasteiger partial charge in [0.15, 0.2) is 16.6 Å². The molecule has 3 aromatic carbocycles. The molecule has 0 saturated heterocycles. The normalized spacial score (nSPS) is 13.6. The number of nitrogens with zero attached hydrogens (tertiary/aromatic N) is 1. The highest BCUT2D eigenvalue weighted by Gasteiger charge is 2.40. The summed E-state index contributed by atoms with van der Waals surface area (Å²) in [5.74, 6) is -0.394. The van der Waals surface area contributed by atoms with Crippen LogP contribution in [-0.2, 0) is 35.7 Å². The number of esters is 1. The molecule has 0 spiro atoms. The predicted molar refractivity (Wildman–Crippen MR) is 226 cm³/mol. The Balaban J connectivity index is 1.62. The summed E-state index contributed by atoms with van der Waals surface area (Å²) in [5, 5.41) is 2.02. The van der Waals surface area contributed by atoms with E-state index < -0.39 is 46.5 Å². The van der Waals surface area contributed by atoms with E-state index in [-0.39, 0.29) is 47.6 Å². The van der Waals surface area contributed by atoms with Crippen LogP contribution in [0, 0.1) is 0 Å². The van der Waals surface area contributed by atoms with Crippen molar-refractivity contribution >= 4 is 61.1 Å². The zero-order chi connectivity index (χ0) is 41.2. The van der Waals surface area contributed by atoms with Crippen LogP contribution in [0.25, 0.3) is 10.8 Å². The van der Waals surface area contributed by atoms with Crippen LogP contribution in [0.5, 0.6) is 0 Å². The minimum absolute atomic E-state index is 0.00338. The number of hydrogen-bond donors (Lipinski definition) is 0. The third-order valence-corrected chi connectivity index (χ3v) is 21.6. The van der Waals surface area contributed by atoms with E-state index in [2.05, 4.69) is 67.7 Å². The fraction of sp³-hybridized carbons (Fsp3) is 0.561. The summed E-state index contributed by atoms with van der Waals surface area (Å²) < 4.78 is 64.4. The van der Waals surface area contributed by atoms with Crippen LogP contribution in [-0.4, -0.2) is 71.2 Å². The molecule has 0 saturated carbocycles. The van der Waals surface area contributed by atoms with Crippen molar-refractivity contribution in [2.45, 2.75) is 116 Å². The molecule has 0 radical (unpaired) electrons. The molecule has 1 unspecified atom stereocenters. The van der Waals surface area contributed by atoms with E-state index in [9.17, 15) is 22.8 Å². The van der Waals surface area contributed by atoms with Gasteiger partial charge in [-0.25, -0.2) is 4.79 Å². The van der Waals surface area contributed by atoms with Crippen LogP contribution in [0.2, 0.25) is 36.3 Å².